The van der Waals surface area contributed by atoms with E-state index in [0.29, 0.717) is 50.8 Å². The number of hydrogen-bond donors (Lipinski definition) is 0. The van der Waals surface area contributed by atoms with Crippen LogP contribution in [0.15, 0.2) is 4.52 Å². The topological polar surface area (TPSA) is 74.5 Å². The summed E-state index contributed by atoms with van der Waals surface area (Å²) >= 11 is 0. The van der Waals surface area contributed by atoms with Crippen LogP contribution in [0.2, 0.25) is 0 Å². The van der Waals surface area contributed by atoms with Gasteiger partial charge in [-0.25, -0.2) is 0 Å². The maximum absolute atomic E-state index is 11.6. The Morgan fingerprint density at radius 2 is 2.10 bits per heavy atom. The van der Waals surface area contributed by atoms with Crippen molar-refractivity contribution in [3.63, 3.8) is 0 Å². The lowest BCUT2D eigenvalue weighted by Gasteiger charge is -2.33. The summed E-state index contributed by atoms with van der Waals surface area (Å²) < 4.78 is 16.5. The number of carbonyl (C=O) groups is 1. The first-order valence-corrected chi connectivity index (χ1v) is 7.26. The van der Waals surface area contributed by atoms with Crippen LogP contribution in [0.1, 0.15) is 51.2 Å². The summed E-state index contributed by atoms with van der Waals surface area (Å²) in [6.07, 6.45) is 3.01. The van der Waals surface area contributed by atoms with E-state index in [9.17, 15) is 4.79 Å². The molecule has 6 heteroatoms. The molecule has 1 saturated heterocycles. The van der Waals surface area contributed by atoms with Crippen molar-refractivity contribution in [2.45, 2.75) is 51.6 Å². The van der Waals surface area contributed by atoms with Crippen LogP contribution in [0.25, 0.3) is 0 Å². The van der Waals surface area contributed by atoms with Crippen molar-refractivity contribution in [3.8, 4) is 0 Å². The highest BCUT2D eigenvalue weighted by Crippen LogP contribution is 2.34. The molecule has 0 atom stereocenters. The SMILES string of the molecule is CCCC(=O)Cc1nc(C2(OCC)CCOCC2)no1. The van der Waals surface area contributed by atoms with Gasteiger partial charge in [-0.15, -0.1) is 0 Å². The molecule has 1 aromatic rings. The van der Waals surface area contributed by atoms with Gasteiger partial charge >= 0.3 is 0 Å². The number of hydrogen-bond acceptors (Lipinski definition) is 6. The standard InChI is InChI=1S/C14H22N2O4/c1-3-5-11(17)10-12-15-13(16-20-12)14(19-4-2)6-8-18-9-7-14/h3-10H2,1-2H3. The molecule has 20 heavy (non-hydrogen) atoms. The maximum atomic E-state index is 11.6. The lowest BCUT2D eigenvalue weighted by molar-refractivity contribution is -0.119. The van der Waals surface area contributed by atoms with Crippen molar-refractivity contribution < 1.29 is 18.8 Å². The minimum Gasteiger partial charge on any atom is -0.381 e. The molecule has 2 heterocycles. The summed E-state index contributed by atoms with van der Waals surface area (Å²) in [5.74, 6) is 1.05. The Morgan fingerprint density at radius 3 is 2.75 bits per heavy atom. The molecule has 0 saturated carbocycles. The van der Waals surface area contributed by atoms with Crippen LogP contribution in [-0.2, 0) is 26.3 Å². The normalized spacial score (nSPS) is 18.1. The predicted molar refractivity (Wildman–Crippen MR) is 71.3 cm³/mol. The van der Waals surface area contributed by atoms with Gasteiger partial charge in [0, 0.05) is 39.1 Å². The summed E-state index contributed by atoms with van der Waals surface area (Å²) in [4.78, 5) is 16.0. The van der Waals surface area contributed by atoms with Crippen LogP contribution in [-0.4, -0.2) is 35.7 Å². The first-order valence-electron chi connectivity index (χ1n) is 7.26. The monoisotopic (exact) mass is 282 g/mol. The van der Waals surface area contributed by atoms with Crippen LogP contribution < -0.4 is 0 Å². The van der Waals surface area contributed by atoms with Crippen LogP contribution in [0, 0.1) is 0 Å². The van der Waals surface area contributed by atoms with Crippen molar-refractivity contribution in [1.29, 1.82) is 0 Å². The lowest BCUT2D eigenvalue weighted by atomic mass is 9.93. The highest BCUT2D eigenvalue weighted by atomic mass is 16.5. The molecule has 0 unspecified atom stereocenters. The maximum Gasteiger partial charge on any atom is 0.234 e. The average molecular weight is 282 g/mol. The molecule has 1 fully saturated rings. The second-order valence-electron chi connectivity index (χ2n) is 5.02. The molecular weight excluding hydrogens is 260 g/mol. The van der Waals surface area contributed by atoms with E-state index >= 15 is 0 Å². The Bertz CT molecular complexity index is 433. The number of carbonyl (C=O) groups excluding carboxylic acids is 1. The molecule has 0 aliphatic carbocycles. The van der Waals surface area contributed by atoms with Crippen molar-refractivity contribution >= 4 is 5.78 Å². The fourth-order valence-corrected chi connectivity index (χ4v) is 2.46. The Hall–Kier alpha value is -1.27. The number of ether oxygens (including phenoxy) is 2. The van der Waals surface area contributed by atoms with Gasteiger partial charge in [-0.05, 0) is 13.3 Å². The van der Waals surface area contributed by atoms with Gasteiger partial charge in [-0.3, -0.25) is 4.79 Å². The number of nitrogens with zero attached hydrogens (tertiary/aromatic N) is 2. The fraction of sp³-hybridized carbons (Fsp3) is 0.786. The Labute approximate surface area is 118 Å². The van der Waals surface area contributed by atoms with E-state index in [1.165, 1.54) is 0 Å². The number of aromatic nitrogens is 2. The molecule has 1 aliphatic rings. The smallest absolute Gasteiger partial charge is 0.234 e. The van der Waals surface area contributed by atoms with Crippen molar-refractivity contribution in [2.75, 3.05) is 19.8 Å². The molecule has 112 valence electrons. The van der Waals surface area contributed by atoms with Gasteiger partial charge in [0.05, 0.1) is 6.42 Å². The first-order chi connectivity index (χ1) is 9.70. The van der Waals surface area contributed by atoms with Gasteiger partial charge in [0.1, 0.15) is 11.4 Å². The third-order valence-corrected chi connectivity index (χ3v) is 3.47. The molecule has 6 nitrogen and oxygen atoms in total. The number of ketones is 1. The molecule has 2 rings (SSSR count). The molecular formula is C14H22N2O4. The Kier molecular flexibility index (Phi) is 5.25. The van der Waals surface area contributed by atoms with Crippen LogP contribution in [0.3, 0.4) is 0 Å². The summed E-state index contributed by atoms with van der Waals surface area (Å²) in [7, 11) is 0. The average Bonchev–Trinajstić information content (AvgIpc) is 2.89. The Morgan fingerprint density at radius 1 is 1.35 bits per heavy atom. The molecule has 0 spiro atoms. The van der Waals surface area contributed by atoms with Gasteiger partial charge < -0.3 is 14.0 Å². The second kappa shape index (κ2) is 6.95. The highest BCUT2D eigenvalue weighted by molar-refractivity contribution is 5.79. The number of rotatable bonds is 7. The second-order valence-corrected chi connectivity index (χ2v) is 5.02. The summed E-state index contributed by atoms with van der Waals surface area (Å²) in [6.45, 7) is 5.75. The molecule has 0 aromatic carbocycles. The van der Waals surface area contributed by atoms with Gasteiger partial charge in [-0.1, -0.05) is 12.1 Å². The van der Waals surface area contributed by atoms with Gasteiger partial charge in [0.25, 0.3) is 0 Å². The molecule has 1 aliphatic heterocycles. The van der Waals surface area contributed by atoms with Gasteiger partial charge in [0.2, 0.25) is 11.7 Å². The number of Topliss-reactive ketones (excluding diaryl/α,β-unsaturated/α-hetero) is 1. The quantitative estimate of drug-likeness (QED) is 0.761. The summed E-state index contributed by atoms with van der Waals surface area (Å²) in [5, 5.41) is 4.02. The molecule has 0 N–H and O–H groups in total. The van der Waals surface area contributed by atoms with E-state index in [1.807, 2.05) is 13.8 Å². The van der Waals surface area contributed by atoms with E-state index in [1.54, 1.807) is 0 Å². The van der Waals surface area contributed by atoms with Crippen LogP contribution >= 0.6 is 0 Å². The summed E-state index contributed by atoms with van der Waals surface area (Å²) in [5.41, 5.74) is -0.525. The van der Waals surface area contributed by atoms with E-state index in [2.05, 4.69) is 10.1 Å². The zero-order valence-corrected chi connectivity index (χ0v) is 12.2. The molecule has 0 amide bonds. The molecule has 0 radical (unpaired) electrons. The van der Waals surface area contributed by atoms with Crippen molar-refractivity contribution in [2.24, 2.45) is 0 Å². The Balaban J connectivity index is 2.10. The van der Waals surface area contributed by atoms with Crippen molar-refractivity contribution in [1.82, 2.24) is 10.1 Å². The molecule has 1 aromatic heterocycles. The third-order valence-electron chi connectivity index (χ3n) is 3.47. The largest absolute Gasteiger partial charge is 0.381 e. The van der Waals surface area contributed by atoms with E-state index in [0.717, 1.165) is 6.42 Å². The minimum absolute atomic E-state index is 0.125. The van der Waals surface area contributed by atoms with Gasteiger partial charge in [-0.2, -0.15) is 4.98 Å². The van der Waals surface area contributed by atoms with E-state index in [4.69, 9.17) is 14.0 Å². The predicted octanol–water partition coefficient (Wildman–Crippen LogP) is 2.02. The van der Waals surface area contributed by atoms with E-state index in [-0.39, 0.29) is 12.2 Å². The zero-order chi connectivity index (χ0) is 14.4. The highest BCUT2D eigenvalue weighted by Gasteiger charge is 2.39. The van der Waals surface area contributed by atoms with E-state index < -0.39 is 5.60 Å². The minimum atomic E-state index is -0.525. The third kappa shape index (κ3) is 3.43. The van der Waals surface area contributed by atoms with Crippen LogP contribution in [0.5, 0.6) is 0 Å². The lowest BCUT2D eigenvalue weighted by Crippen LogP contribution is -2.37. The molecule has 0 bridgehead atoms. The first kappa shape index (κ1) is 15.1. The van der Waals surface area contributed by atoms with Crippen LogP contribution in [0.4, 0.5) is 0 Å². The zero-order valence-electron chi connectivity index (χ0n) is 12.2. The summed E-state index contributed by atoms with van der Waals surface area (Å²) in [6, 6.07) is 0. The fourth-order valence-electron chi connectivity index (χ4n) is 2.46. The van der Waals surface area contributed by atoms with Crippen molar-refractivity contribution in [3.05, 3.63) is 11.7 Å². The van der Waals surface area contributed by atoms with Gasteiger partial charge in [0.15, 0.2) is 0 Å².